The SMILES string of the molecule is C1COCCN1.CC(C)(C)OC(=O)NC1CCN(C(=O)N2CCOCC2)CC1.CC(C)(C)OC(=O)NC1CCNCC1.CCOC(=O)Cl.CCOC(=O)N1CCOCC1.NC1CCN(C(=O)N2CCOCC2)CC1.O=C(Cl)N1CCOCC1. The van der Waals surface area contributed by atoms with Gasteiger partial charge in [-0.3, -0.25) is 4.79 Å². The third-order valence-electron chi connectivity index (χ3n) is 12.8. The Kier molecular flexibility index (Phi) is 38.9. The van der Waals surface area contributed by atoms with Crippen molar-refractivity contribution in [3.8, 4) is 0 Å². The number of nitrogens with one attached hydrogen (secondary N) is 4. The molecule has 6 N–H and O–H groups in total. The molecule has 0 spiro atoms. The fourth-order valence-corrected chi connectivity index (χ4v) is 8.74. The molecule has 83 heavy (non-hydrogen) atoms. The second-order valence-electron chi connectivity index (χ2n) is 21.9. The number of hydrogen-bond donors (Lipinski definition) is 5. The number of amides is 8. The first kappa shape index (κ1) is 74.6. The monoisotopic (exact) mass is 1230 g/mol. The highest BCUT2D eigenvalue weighted by Gasteiger charge is 2.30. The Balaban J connectivity index is 0.000000345. The van der Waals surface area contributed by atoms with Gasteiger partial charge < -0.3 is 99.0 Å². The van der Waals surface area contributed by atoms with Crippen molar-refractivity contribution in [2.24, 2.45) is 5.73 Å². The molecule has 0 aromatic heterocycles. The first-order valence-electron chi connectivity index (χ1n) is 29.3. The molecular formula is C54H101Cl2N11O16. The van der Waals surface area contributed by atoms with Crippen LogP contribution in [0.25, 0.3) is 0 Å². The van der Waals surface area contributed by atoms with Crippen molar-refractivity contribution in [2.75, 3.05) is 184 Å². The molecule has 8 heterocycles. The van der Waals surface area contributed by atoms with Gasteiger partial charge >= 0.3 is 41.1 Å². The van der Waals surface area contributed by atoms with Crippen LogP contribution in [0.2, 0.25) is 0 Å². The number of ether oxygens (including phenoxy) is 9. The Labute approximate surface area is 502 Å². The molecule has 27 nitrogen and oxygen atoms in total. The maximum absolute atomic E-state index is 12.4. The second-order valence-corrected chi connectivity index (χ2v) is 22.5. The summed E-state index contributed by atoms with van der Waals surface area (Å²) in [7, 11) is 0. The lowest BCUT2D eigenvalue weighted by Gasteiger charge is -2.37. The highest BCUT2D eigenvalue weighted by Crippen LogP contribution is 2.16. The zero-order chi connectivity index (χ0) is 61.5. The van der Waals surface area contributed by atoms with Gasteiger partial charge in [0.2, 0.25) is 0 Å². The lowest BCUT2D eigenvalue weighted by molar-refractivity contribution is 0.0286. The zero-order valence-electron chi connectivity index (χ0n) is 50.8. The van der Waals surface area contributed by atoms with Crippen LogP contribution in [-0.2, 0) is 42.6 Å². The van der Waals surface area contributed by atoms with Gasteiger partial charge in [-0.25, -0.2) is 28.8 Å². The lowest BCUT2D eigenvalue weighted by atomic mass is 10.1. The maximum atomic E-state index is 12.4. The van der Waals surface area contributed by atoms with E-state index in [4.69, 9.17) is 66.8 Å². The number of carbonyl (C=O) groups is 7. The summed E-state index contributed by atoms with van der Waals surface area (Å²) in [5, 5.41) is 11.8. The minimum absolute atomic E-state index is 0.0728. The molecule has 8 fully saturated rings. The molecule has 0 atom stereocenters. The summed E-state index contributed by atoms with van der Waals surface area (Å²) in [6.07, 6.45) is 4.43. The molecule has 29 heteroatoms. The maximum Gasteiger partial charge on any atom is 0.409 e. The van der Waals surface area contributed by atoms with Crippen molar-refractivity contribution in [2.45, 2.75) is 123 Å². The van der Waals surface area contributed by atoms with Gasteiger partial charge in [-0.2, -0.15) is 0 Å². The lowest BCUT2D eigenvalue weighted by Crippen LogP contribution is -2.53. The Morgan fingerprint density at radius 2 is 0.783 bits per heavy atom. The van der Waals surface area contributed by atoms with Crippen LogP contribution in [0.15, 0.2) is 0 Å². The molecule has 0 aromatic rings. The fraction of sp³-hybridized carbons (Fsp3) is 0.870. The standard InChI is InChI=1S/C15H27N3O4.C10H19N3O2.C10H20N2O2.C7H13NO3.C5H8ClNO2.C4H9NO.C3H5ClO2/c1-15(2,3)22-13(19)16-12-4-6-17(7-5-12)14(20)18-8-10-21-11-9-18;11-9-1-3-12(4-2-9)10(14)13-5-7-15-8-6-13;1-10(2,3)14-9(13)12-8-4-6-11-7-5-8;1-2-11-7(9)8-3-5-10-6-4-8;6-5(8)7-1-3-9-4-2-7;1-3-6-4-2-5-1;1-2-6-3(4)5/h12H,4-11H2,1-3H3,(H,16,19);9H,1-8,11H2;8,11H,4-7H2,1-3H3,(H,12,13);2-6H2,1H3;1-4H2;5H,1-4H2;2H2,1H3. The number of piperidine rings is 3. The third-order valence-corrected chi connectivity index (χ3v) is 13.2. The molecule has 0 aliphatic carbocycles. The minimum Gasteiger partial charge on any atom is -0.454 e. The summed E-state index contributed by atoms with van der Waals surface area (Å²) < 4.78 is 45.0. The predicted octanol–water partition coefficient (Wildman–Crippen LogP) is 4.69. The number of nitrogens with zero attached hydrogens (tertiary/aromatic N) is 6. The molecule has 0 aromatic carbocycles. The number of likely N-dealkylation sites (tertiary alicyclic amines) is 2. The summed E-state index contributed by atoms with van der Waals surface area (Å²) in [6, 6.07) is 0.859. The van der Waals surface area contributed by atoms with Gasteiger partial charge in [0.1, 0.15) is 11.2 Å². The number of nitrogens with two attached hydrogens (primary N) is 1. The van der Waals surface area contributed by atoms with Crippen molar-refractivity contribution in [1.29, 1.82) is 0 Å². The molecule has 0 saturated carbocycles. The smallest absolute Gasteiger partial charge is 0.409 e. The van der Waals surface area contributed by atoms with Gasteiger partial charge in [-0.05, 0) is 119 Å². The van der Waals surface area contributed by atoms with Gasteiger partial charge in [0.25, 0.3) is 0 Å². The van der Waals surface area contributed by atoms with E-state index in [0.717, 1.165) is 104 Å². The molecule has 8 aliphatic rings. The molecule has 8 rings (SSSR count). The Bertz CT molecular complexity index is 1800. The largest absolute Gasteiger partial charge is 0.454 e. The van der Waals surface area contributed by atoms with Crippen molar-refractivity contribution in [3.05, 3.63) is 0 Å². The third kappa shape index (κ3) is 36.9. The quantitative estimate of drug-likeness (QED) is 0.145. The Morgan fingerprint density at radius 1 is 0.458 bits per heavy atom. The van der Waals surface area contributed by atoms with Crippen LogP contribution in [0.3, 0.4) is 0 Å². The topological polar surface area (TPSA) is 296 Å². The fourth-order valence-electron chi connectivity index (χ4n) is 8.46. The van der Waals surface area contributed by atoms with Gasteiger partial charge in [0.05, 0.1) is 79.3 Å². The number of halogens is 2. The van der Waals surface area contributed by atoms with E-state index in [9.17, 15) is 33.6 Å². The number of alkyl carbamates (subject to hydrolysis) is 2. The van der Waals surface area contributed by atoms with Crippen LogP contribution in [-0.4, -0.2) is 284 Å². The van der Waals surface area contributed by atoms with E-state index in [1.54, 1.807) is 23.6 Å². The van der Waals surface area contributed by atoms with Gasteiger partial charge in [-0.15, -0.1) is 0 Å². The summed E-state index contributed by atoms with van der Waals surface area (Å²) in [6.45, 7) is 34.5. The van der Waals surface area contributed by atoms with E-state index in [2.05, 4.69) is 26.0 Å². The molecular weight excluding hydrogens is 1130 g/mol. The predicted molar refractivity (Wildman–Crippen MR) is 313 cm³/mol. The highest BCUT2D eigenvalue weighted by atomic mass is 35.5. The molecule has 0 bridgehead atoms. The van der Waals surface area contributed by atoms with Gasteiger partial charge in [0.15, 0.2) is 0 Å². The Hall–Kier alpha value is -4.45. The first-order valence-corrected chi connectivity index (χ1v) is 30.1. The zero-order valence-corrected chi connectivity index (χ0v) is 52.3. The van der Waals surface area contributed by atoms with Gasteiger partial charge in [-0.1, -0.05) is 0 Å². The summed E-state index contributed by atoms with van der Waals surface area (Å²) in [5.41, 5.74) is 4.17. The van der Waals surface area contributed by atoms with E-state index in [0.29, 0.717) is 118 Å². The van der Waals surface area contributed by atoms with Crippen molar-refractivity contribution in [3.63, 3.8) is 0 Å². The Morgan fingerprint density at radius 3 is 1.08 bits per heavy atom. The highest BCUT2D eigenvalue weighted by molar-refractivity contribution is 6.62. The first-order chi connectivity index (χ1) is 39.5. The number of carbonyl (C=O) groups excluding carboxylic acids is 7. The molecule has 8 aliphatic heterocycles. The van der Waals surface area contributed by atoms with E-state index in [-0.39, 0.29) is 53.8 Å². The van der Waals surface area contributed by atoms with E-state index < -0.39 is 16.6 Å². The number of urea groups is 2. The van der Waals surface area contributed by atoms with Crippen molar-refractivity contribution >= 4 is 64.3 Å². The van der Waals surface area contributed by atoms with Crippen molar-refractivity contribution < 1.29 is 76.2 Å². The molecule has 0 unspecified atom stereocenters. The van der Waals surface area contributed by atoms with Crippen LogP contribution < -0.4 is 27.0 Å². The van der Waals surface area contributed by atoms with E-state index in [1.807, 2.05) is 61.1 Å². The van der Waals surface area contributed by atoms with Gasteiger partial charge in [0, 0.05) is 121 Å². The molecule has 8 saturated heterocycles. The van der Waals surface area contributed by atoms with Crippen LogP contribution in [0.1, 0.15) is 93.9 Å². The minimum atomic E-state index is -0.738. The normalized spacial score (nSPS) is 19.9. The van der Waals surface area contributed by atoms with E-state index >= 15 is 0 Å². The van der Waals surface area contributed by atoms with Crippen LogP contribution in [0, 0.1) is 0 Å². The van der Waals surface area contributed by atoms with Crippen molar-refractivity contribution in [1.82, 2.24) is 50.7 Å². The van der Waals surface area contributed by atoms with Crippen LogP contribution in [0.4, 0.5) is 33.6 Å². The summed E-state index contributed by atoms with van der Waals surface area (Å²) in [4.78, 5) is 89.3. The molecule has 0 radical (unpaired) electrons. The number of hydrogen-bond acceptors (Lipinski definition) is 19. The summed E-state index contributed by atoms with van der Waals surface area (Å²) in [5.74, 6) is 0. The van der Waals surface area contributed by atoms with Crippen LogP contribution in [0.5, 0.6) is 0 Å². The van der Waals surface area contributed by atoms with E-state index in [1.165, 1.54) is 0 Å². The average Bonchev–Trinajstić information content (AvgIpc) is 3.50. The second kappa shape index (κ2) is 43.2. The number of rotatable bonds is 4. The van der Waals surface area contributed by atoms with Crippen LogP contribution >= 0.6 is 23.2 Å². The molecule has 8 amide bonds. The number of morpholine rings is 5. The average molecular weight is 1230 g/mol. The summed E-state index contributed by atoms with van der Waals surface area (Å²) >= 11 is 9.90. The molecule has 482 valence electrons.